The second-order valence-electron chi connectivity index (χ2n) is 7.26. The van der Waals surface area contributed by atoms with Gasteiger partial charge in [-0.15, -0.1) is 0 Å². The molecule has 0 saturated heterocycles. The Hall–Kier alpha value is -3.45. The first kappa shape index (κ1) is 20.8. The van der Waals surface area contributed by atoms with Crippen LogP contribution in [0.3, 0.4) is 0 Å². The maximum atomic E-state index is 13.4. The van der Waals surface area contributed by atoms with Crippen molar-refractivity contribution in [3.63, 3.8) is 0 Å². The fourth-order valence-electron chi connectivity index (χ4n) is 3.61. The topological polar surface area (TPSA) is 69.9 Å². The standard InChI is InChI=1S/C24H22N2O4S/c1-14-5-7-16(8-6-14)13-19-22(27)26-21(17-9-11-18(29-3)12-10-17)20(23(28)30-4)15(2)25-24(26)31-19/h5-13,21H,1-4H3/t21-/m1/s1. The molecule has 1 atom stereocenters. The molecule has 3 aromatic rings. The van der Waals surface area contributed by atoms with Gasteiger partial charge in [0.05, 0.1) is 36.1 Å². The zero-order chi connectivity index (χ0) is 22.1. The van der Waals surface area contributed by atoms with Gasteiger partial charge in [-0.25, -0.2) is 9.79 Å². The van der Waals surface area contributed by atoms with Crippen LogP contribution in [-0.4, -0.2) is 24.8 Å². The molecule has 2 aromatic carbocycles. The van der Waals surface area contributed by atoms with E-state index in [-0.39, 0.29) is 5.56 Å². The second kappa shape index (κ2) is 8.35. The molecule has 0 spiro atoms. The highest BCUT2D eigenvalue weighted by Crippen LogP contribution is 2.31. The van der Waals surface area contributed by atoms with Gasteiger partial charge in [-0.05, 0) is 43.2 Å². The predicted octanol–water partition coefficient (Wildman–Crippen LogP) is 2.73. The lowest BCUT2D eigenvalue weighted by atomic mass is 9.96. The highest BCUT2D eigenvalue weighted by Gasteiger charge is 2.33. The van der Waals surface area contributed by atoms with Crippen LogP contribution in [0.25, 0.3) is 6.08 Å². The van der Waals surface area contributed by atoms with Crippen LogP contribution in [0.2, 0.25) is 0 Å². The number of aromatic nitrogens is 1. The Kier molecular flexibility index (Phi) is 5.61. The fourth-order valence-corrected chi connectivity index (χ4v) is 4.65. The lowest BCUT2D eigenvalue weighted by molar-refractivity contribution is -0.136. The molecule has 1 aliphatic rings. The van der Waals surface area contributed by atoms with Gasteiger partial charge >= 0.3 is 5.97 Å². The van der Waals surface area contributed by atoms with Gasteiger partial charge < -0.3 is 9.47 Å². The Morgan fingerprint density at radius 2 is 1.74 bits per heavy atom. The second-order valence-corrected chi connectivity index (χ2v) is 8.27. The molecule has 7 heteroatoms. The number of fused-ring (bicyclic) bond motifs is 1. The summed E-state index contributed by atoms with van der Waals surface area (Å²) in [4.78, 5) is 31.2. The molecule has 0 radical (unpaired) electrons. The Balaban J connectivity index is 1.94. The molecule has 6 nitrogen and oxygen atoms in total. The Morgan fingerprint density at radius 3 is 2.35 bits per heavy atom. The summed E-state index contributed by atoms with van der Waals surface area (Å²) in [5.74, 6) is 0.186. The van der Waals surface area contributed by atoms with Crippen molar-refractivity contribution in [3.8, 4) is 5.75 Å². The zero-order valence-electron chi connectivity index (χ0n) is 17.7. The van der Waals surface area contributed by atoms with Crippen molar-refractivity contribution in [1.82, 2.24) is 4.57 Å². The average Bonchev–Trinajstić information content (AvgIpc) is 3.08. The number of benzene rings is 2. The average molecular weight is 435 g/mol. The van der Waals surface area contributed by atoms with Crippen LogP contribution in [0.15, 0.2) is 69.6 Å². The van der Waals surface area contributed by atoms with Crippen LogP contribution in [0.1, 0.15) is 29.7 Å². The number of methoxy groups -OCH3 is 2. The third kappa shape index (κ3) is 3.84. The number of thiazole rings is 1. The molecule has 0 bridgehead atoms. The van der Waals surface area contributed by atoms with E-state index < -0.39 is 12.0 Å². The molecule has 1 aromatic heterocycles. The maximum absolute atomic E-state index is 13.4. The molecule has 0 saturated carbocycles. The number of hydrogen-bond donors (Lipinski definition) is 0. The normalized spacial score (nSPS) is 16.0. The summed E-state index contributed by atoms with van der Waals surface area (Å²) in [7, 11) is 2.92. The monoisotopic (exact) mass is 434 g/mol. The van der Waals surface area contributed by atoms with E-state index in [1.165, 1.54) is 18.4 Å². The van der Waals surface area contributed by atoms with Crippen LogP contribution >= 0.6 is 11.3 Å². The Morgan fingerprint density at radius 1 is 1.06 bits per heavy atom. The minimum atomic E-state index is -0.630. The molecule has 0 fully saturated rings. The van der Waals surface area contributed by atoms with Crippen LogP contribution in [0, 0.1) is 6.92 Å². The molecule has 158 valence electrons. The van der Waals surface area contributed by atoms with Gasteiger partial charge in [-0.1, -0.05) is 53.3 Å². The highest BCUT2D eigenvalue weighted by atomic mass is 32.1. The van der Waals surface area contributed by atoms with E-state index in [4.69, 9.17) is 9.47 Å². The number of rotatable bonds is 4. The molecule has 0 amide bonds. The number of aryl methyl sites for hydroxylation is 1. The number of ether oxygens (including phenoxy) is 2. The minimum absolute atomic E-state index is 0.195. The summed E-state index contributed by atoms with van der Waals surface area (Å²) < 4.78 is 12.4. The van der Waals surface area contributed by atoms with E-state index in [0.717, 1.165) is 16.7 Å². The molecule has 0 aliphatic carbocycles. The van der Waals surface area contributed by atoms with E-state index in [1.54, 1.807) is 18.6 Å². The SMILES string of the molecule is COC(=O)C1=C(C)N=c2sc(=Cc3ccc(C)cc3)c(=O)n2[C@@H]1c1ccc(OC)cc1. The van der Waals surface area contributed by atoms with Gasteiger partial charge in [0.15, 0.2) is 4.80 Å². The Bertz CT molecular complexity index is 1350. The van der Waals surface area contributed by atoms with Gasteiger partial charge in [0.25, 0.3) is 5.56 Å². The smallest absolute Gasteiger partial charge is 0.338 e. The largest absolute Gasteiger partial charge is 0.497 e. The van der Waals surface area contributed by atoms with Crippen LogP contribution < -0.4 is 19.6 Å². The van der Waals surface area contributed by atoms with Crippen molar-refractivity contribution >= 4 is 23.4 Å². The first-order valence-electron chi connectivity index (χ1n) is 9.74. The van der Waals surface area contributed by atoms with Crippen molar-refractivity contribution in [2.24, 2.45) is 4.99 Å². The summed E-state index contributed by atoms with van der Waals surface area (Å²) in [6, 6.07) is 14.6. The van der Waals surface area contributed by atoms with Crippen molar-refractivity contribution in [3.05, 3.63) is 96.2 Å². The number of nitrogens with zero attached hydrogens (tertiary/aromatic N) is 2. The van der Waals surface area contributed by atoms with Gasteiger partial charge in [0, 0.05) is 0 Å². The first-order chi connectivity index (χ1) is 14.9. The summed E-state index contributed by atoms with van der Waals surface area (Å²) in [5.41, 5.74) is 3.55. The number of carbonyl (C=O) groups excluding carboxylic acids is 1. The van der Waals surface area contributed by atoms with E-state index in [2.05, 4.69) is 4.99 Å². The van der Waals surface area contributed by atoms with Gasteiger partial charge in [0.1, 0.15) is 5.75 Å². The van der Waals surface area contributed by atoms with Crippen LogP contribution in [0.4, 0.5) is 0 Å². The summed E-state index contributed by atoms with van der Waals surface area (Å²) in [5, 5.41) is 0. The van der Waals surface area contributed by atoms with Crippen LogP contribution in [-0.2, 0) is 9.53 Å². The minimum Gasteiger partial charge on any atom is -0.497 e. The van der Waals surface area contributed by atoms with E-state index in [1.807, 2.05) is 61.5 Å². The van der Waals surface area contributed by atoms with E-state index in [9.17, 15) is 9.59 Å². The molecular formula is C24H22N2O4S. The number of hydrogen-bond acceptors (Lipinski definition) is 6. The molecule has 0 N–H and O–H groups in total. The Labute approximate surface area is 183 Å². The lowest BCUT2D eigenvalue weighted by Gasteiger charge is -2.24. The molecule has 4 rings (SSSR count). The molecule has 2 heterocycles. The van der Waals surface area contributed by atoms with Crippen molar-refractivity contribution in [2.45, 2.75) is 19.9 Å². The van der Waals surface area contributed by atoms with Crippen LogP contribution in [0.5, 0.6) is 5.75 Å². The van der Waals surface area contributed by atoms with Crippen molar-refractivity contribution in [2.75, 3.05) is 14.2 Å². The summed E-state index contributed by atoms with van der Waals surface area (Å²) >= 11 is 1.31. The van der Waals surface area contributed by atoms with Gasteiger partial charge in [0.2, 0.25) is 0 Å². The summed E-state index contributed by atoms with van der Waals surface area (Å²) in [6.45, 7) is 3.78. The van der Waals surface area contributed by atoms with E-state index in [0.29, 0.717) is 26.4 Å². The fraction of sp³-hybridized carbons (Fsp3) is 0.208. The quantitative estimate of drug-likeness (QED) is 0.592. The number of esters is 1. The molecule has 31 heavy (non-hydrogen) atoms. The highest BCUT2D eigenvalue weighted by molar-refractivity contribution is 7.07. The lowest BCUT2D eigenvalue weighted by Crippen LogP contribution is -2.39. The number of carbonyl (C=O) groups is 1. The summed E-state index contributed by atoms with van der Waals surface area (Å²) in [6.07, 6.45) is 1.85. The molecule has 1 aliphatic heterocycles. The van der Waals surface area contributed by atoms with Gasteiger partial charge in [-0.2, -0.15) is 0 Å². The molecular weight excluding hydrogens is 412 g/mol. The third-order valence-corrected chi connectivity index (χ3v) is 6.22. The number of allylic oxidation sites excluding steroid dienone is 1. The van der Waals surface area contributed by atoms with E-state index >= 15 is 0 Å². The van der Waals surface area contributed by atoms with Gasteiger partial charge in [-0.3, -0.25) is 9.36 Å². The molecule has 0 unspecified atom stereocenters. The predicted molar refractivity (Wildman–Crippen MR) is 120 cm³/mol. The third-order valence-electron chi connectivity index (χ3n) is 5.23. The zero-order valence-corrected chi connectivity index (χ0v) is 18.5. The van der Waals surface area contributed by atoms with Crippen molar-refractivity contribution < 1.29 is 14.3 Å². The maximum Gasteiger partial charge on any atom is 0.338 e. The van der Waals surface area contributed by atoms with Crippen molar-refractivity contribution in [1.29, 1.82) is 0 Å². The first-order valence-corrected chi connectivity index (χ1v) is 10.6.